The molecule has 0 aliphatic carbocycles. The quantitative estimate of drug-likeness (QED) is 0.840. The average Bonchev–Trinajstić information content (AvgIpc) is 2.48. The van der Waals surface area contributed by atoms with Crippen molar-refractivity contribution >= 4 is 17.7 Å². The van der Waals surface area contributed by atoms with Gasteiger partial charge in [0.15, 0.2) is 5.15 Å². The summed E-state index contributed by atoms with van der Waals surface area (Å²) in [6.07, 6.45) is 4.88. The van der Waals surface area contributed by atoms with E-state index in [0.717, 1.165) is 19.4 Å². The fourth-order valence-corrected chi connectivity index (χ4v) is 2.62. The number of piperidine rings is 1. The number of nitrogens with zero attached hydrogens (tertiary/aromatic N) is 3. The van der Waals surface area contributed by atoms with Gasteiger partial charge in [0.05, 0.1) is 13.2 Å². The van der Waals surface area contributed by atoms with Gasteiger partial charge < -0.3 is 14.4 Å². The first-order chi connectivity index (χ1) is 10.8. The van der Waals surface area contributed by atoms with Gasteiger partial charge >= 0.3 is 6.09 Å². The van der Waals surface area contributed by atoms with Crippen molar-refractivity contribution in [3.8, 4) is 0 Å². The number of amides is 1. The fraction of sp³-hybridized carbons (Fsp3) is 0.688. The highest BCUT2D eigenvalue weighted by Gasteiger charge is 2.27. The third-order valence-corrected chi connectivity index (χ3v) is 3.80. The van der Waals surface area contributed by atoms with Gasteiger partial charge in [0.25, 0.3) is 0 Å². The molecule has 6 nitrogen and oxygen atoms in total. The number of ether oxygens (including phenoxy) is 2. The van der Waals surface area contributed by atoms with Gasteiger partial charge in [-0.2, -0.15) is 0 Å². The lowest BCUT2D eigenvalue weighted by molar-refractivity contribution is 0.00567. The maximum atomic E-state index is 12.1. The van der Waals surface area contributed by atoms with Gasteiger partial charge in [0.1, 0.15) is 11.3 Å². The van der Waals surface area contributed by atoms with E-state index in [9.17, 15) is 4.79 Å². The minimum atomic E-state index is -0.469. The van der Waals surface area contributed by atoms with Gasteiger partial charge in [-0.25, -0.2) is 9.78 Å². The van der Waals surface area contributed by atoms with E-state index in [1.165, 1.54) is 0 Å². The van der Waals surface area contributed by atoms with Gasteiger partial charge in [-0.3, -0.25) is 4.98 Å². The molecule has 1 fully saturated rings. The Labute approximate surface area is 142 Å². The summed E-state index contributed by atoms with van der Waals surface area (Å²) in [4.78, 5) is 22.0. The number of hydrogen-bond donors (Lipinski definition) is 0. The van der Waals surface area contributed by atoms with Crippen LogP contribution in [0.5, 0.6) is 0 Å². The third kappa shape index (κ3) is 5.95. The SMILES string of the molecule is CC(C)(C)OC(=O)N1CCCC(COCc2nccnc2Cl)C1. The maximum absolute atomic E-state index is 12.1. The van der Waals surface area contributed by atoms with Crippen LogP contribution < -0.4 is 0 Å². The normalized spacial score (nSPS) is 18.8. The molecular formula is C16H24ClN3O3. The Bertz CT molecular complexity index is 534. The lowest BCUT2D eigenvalue weighted by Crippen LogP contribution is -2.43. The van der Waals surface area contributed by atoms with Crippen LogP contribution in [0.25, 0.3) is 0 Å². The first kappa shape index (κ1) is 17.9. The van der Waals surface area contributed by atoms with Crippen molar-refractivity contribution < 1.29 is 14.3 Å². The Morgan fingerprint density at radius 2 is 2.13 bits per heavy atom. The standard InChI is InChI=1S/C16H24ClN3O3/c1-16(2,3)23-15(21)20-8-4-5-12(9-20)10-22-11-13-14(17)19-7-6-18-13/h6-7,12H,4-5,8-11H2,1-3H3. The molecule has 0 N–H and O–H groups in total. The molecule has 0 radical (unpaired) electrons. The van der Waals surface area contributed by atoms with E-state index < -0.39 is 5.60 Å². The van der Waals surface area contributed by atoms with E-state index in [1.807, 2.05) is 20.8 Å². The molecule has 1 atom stereocenters. The number of halogens is 1. The Morgan fingerprint density at radius 1 is 1.39 bits per heavy atom. The minimum Gasteiger partial charge on any atom is -0.444 e. The van der Waals surface area contributed by atoms with E-state index >= 15 is 0 Å². The smallest absolute Gasteiger partial charge is 0.410 e. The van der Waals surface area contributed by atoms with Gasteiger partial charge in [0, 0.05) is 31.4 Å². The second-order valence-corrected chi connectivity index (χ2v) is 7.10. The van der Waals surface area contributed by atoms with Crippen molar-refractivity contribution in [1.82, 2.24) is 14.9 Å². The number of likely N-dealkylation sites (tertiary alicyclic amines) is 1. The molecular weight excluding hydrogens is 318 g/mol. The van der Waals surface area contributed by atoms with E-state index in [2.05, 4.69) is 9.97 Å². The summed E-state index contributed by atoms with van der Waals surface area (Å²) in [5.74, 6) is 0.298. The number of carbonyl (C=O) groups excluding carboxylic acids is 1. The van der Waals surface area contributed by atoms with Gasteiger partial charge in [-0.1, -0.05) is 11.6 Å². The number of rotatable bonds is 4. The molecule has 0 bridgehead atoms. The van der Waals surface area contributed by atoms with Crippen molar-refractivity contribution in [1.29, 1.82) is 0 Å². The van der Waals surface area contributed by atoms with E-state index in [0.29, 0.717) is 36.5 Å². The molecule has 1 aromatic rings. The minimum absolute atomic E-state index is 0.251. The highest BCUT2D eigenvalue weighted by atomic mass is 35.5. The summed E-state index contributed by atoms with van der Waals surface area (Å²) in [7, 11) is 0. The van der Waals surface area contributed by atoms with Crippen LogP contribution in [0.2, 0.25) is 5.15 Å². The Hall–Kier alpha value is -1.40. The summed E-state index contributed by atoms with van der Waals surface area (Å²) in [6.45, 7) is 7.91. The highest BCUT2D eigenvalue weighted by molar-refractivity contribution is 6.29. The molecule has 2 heterocycles. The van der Waals surface area contributed by atoms with Crippen molar-refractivity contribution in [2.75, 3.05) is 19.7 Å². The van der Waals surface area contributed by atoms with Crippen LogP contribution in [0, 0.1) is 5.92 Å². The molecule has 1 amide bonds. The lowest BCUT2D eigenvalue weighted by atomic mass is 9.99. The van der Waals surface area contributed by atoms with Crippen LogP contribution in [0.3, 0.4) is 0 Å². The van der Waals surface area contributed by atoms with Crippen LogP contribution >= 0.6 is 11.6 Å². The molecule has 0 aromatic carbocycles. The summed E-state index contributed by atoms with van der Waals surface area (Å²) in [5, 5.41) is 0.367. The molecule has 1 aromatic heterocycles. The fourth-order valence-electron chi connectivity index (χ4n) is 2.46. The zero-order valence-corrected chi connectivity index (χ0v) is 14.7. The van der Waals surface area contributed by atoms with Crippen LogP contribution in [-0.2, 0) is 16.1 Å². The topological polar surface area (TPSA) is 64.5 Å². The maximum Gasteiger partial charge on any atom is 0.410 e. The second-order valence-electron chi connectivity index (χ2n) is 6.74. The molecule has 7 heteroatoms. The number of hydrogen-bond acceptors (Lipinski definition) is 5. The summed E-state index contributed by atoms with van der Waals surface area (Å²) < 4.78 is 11.1. The Balaban J connectivity index is 1.78. The van der Waals surface area contributed by atoms with Gasteiger partial charge in [-0.05, 0) is 33.6 Å². The second kappa shape index (κ2) is 7.93. The van der Waals surface area contributed by atoms with Gasteiger partial charge in [-0.15, -0.1) is 0 Å². The van der Waals surface area contributed by atoms with Crippen LogP contribution in [0.1, 0.15) is 39.3 Å². The van der Waals surface area contributed by atoms with Crippen LogP contribution in [0.15, 0.2) is 12.4 Å². The summed E-state index contributed by atoms with van der Waals surface area (Å²) in [5.41, 5.74) is 0.164. The largest absolute Gasteiger partial charge is 0.444 e. The lowest BCUT2D eigenvalue weighted by Gasteiger charge is -2.34. The molecule has 1 aliphatic heterocycles. The van der Waals surface area contributed by atoms with E-state index in [1.54, 1.807) is 17.3 Å². The summed E-state index contributed by atoms with van der Waals surface area (Å²) in [6, 6.07) is 0. The first-order valence-corrected chi connectivity index (χ1v) is 8.24. The average molecular weight is 342 g/mol. The molecule has 2 rings (SSSR count). The highest BCUT2D eigenvalue weighted by Crippen LogP contribution is 2.20. The van der Waals surface area contributed by atoms with Crippen molar-refractivity contribution in [3.63, 3.8) is 0 Å². The molecule has 128 valence electrons. The predicted octanol–water partition coefficient (Wildman–Crippen LogP) is 3.29. The zero-order chi connectivity index (χ0) is 16.9. The summed E-state index contributed by atoms with van der Waals surface area (Å²) >= 11 is 5.95. The third-order valence-electron chi connectivity index (χ3n) is 3.49. The van der Waals surface area contributed by atoms with E-state index in [-0.39, 0.29) is 6.09 Å². The predicted molar refractivity (Wildman–Crippen MR) is 87.2 cm³/mol. The molecule has 1 aliphatic rings. The molecule has 1 unspecified atom stereocenters. The number of carbonyl (C=O) groups is 1. The molecule has 0 spiro atoms. The van der Waals surface area contributed by atoms with Crippen molar-refractivity contribution in [3.05, 3.63) is 23.2 Å². The van der Waals surface area contributed by atoms with Gasteiger partial charge in [0.2, 0.25) is 0 Å². The molecule has 1 saturated heterocycles. The molecule has 23 heavy (non-hydrogen) atoms. The van der Waals surface area contributed by atoms with Crippen LogP contribution in [0.4, 0.5) is 4.79 Å². The zero-order valence-electron chi connectivity index (χ0n) is 13.9. The van der Waals surface area contributed by atoms with Crippen molar-refractivity contribution in [2.45, 2.75) is 45.8 Å². The number of aromatic nitrogens is 2. The van der Waals surface area contributed by atoms with E-state index in [4.69, 9.17) is 21.1 Å². The Morgan fingerprint density at radius 3 is 2.83 bits per heavy atom. The Kier molecular flexibility index (Phi) is 6.18. The monoisotopic (exact) mass is 341 g/mol. The van der Waals surface area contributed by atoms with Crippen LogP contribution in [-0.4, -0.2) is 46.3 Å². The van der Waals surface area contributed by atoms with Crippen molar-refractivity contribution in [2.24, 2.45) is 5.92 Å². The molecule has 0 saturated carbocycles. The first-order valence-electron chi connectivity index (χ1n) is 7.86.